The second kappa shape index (κ2) is 8.68. The van der Waals surface area contributed by atoms with Crippen LogP contribution < -0.4 is 10.1 Å². The largest absolute Gasteiger partial charge is 0.496 e. The molecule has 1 saturated heterocycles. The molecule has 0 bridgehead atoms. The standard InChI is InChI=1S/C23H23N5O3S/c1-14-4-5-18(30-2)16(12-14)19-23(32-22(26-19)15-6-10-31-11-7-15)27-21(29)17-13-25-28-9-3-8-24-20(17)28/h3-5,8-9,12-13,15H,6-7,10-11H2,1-2H3,(H,27,29). The van der Waals surface area contributed by atoms with E-state index < -0.39 is 0 Å². The maximum absolute atomic E-state index is 13.2. The molecule has 4 heterocycles. The fraction of sp³-hybridized carbons (Fsp3) is 0.304. The number of anilines is 1. The minimum atomic E-state index is -0.270. The van der Waals surface area contributed by atoms with Crippen LogP contribution in [0.1, 0.15) is 39.7 Å². The molecule has 164 valence electrons. The van der Waals surface area contributed by atoms with Crippen molar-refractivity contribution >= 4 is 27.9 Å². The Balaban J connectivity index is 1.56. The maximum atomic E-state index is 13.2. The van der Waals surface area contributed by atoms with Crippen molar-refractivity contribution in [1.82, 2.24) is 19.6 Å². The van der Waals surface area contributed by atoms with Gasteiger partial charge in [0.05, 0.1) is 18.3 Å². The van der Waals surface area contributed by atoms with Gasteiger partial charge in [0, 0.05) is 37.1 Å². The summed E-state index contributed by atoms with van der Waals surface area (Å²) in [6, 6.07) is 7.73. The van der Waals surface area contributed by atoms with Crippen LogP contribution >= 0.6 is 11.3 Å². The Morgan fingerprint density at radius 3 is 2.97 bits per heavy atom. The fourth-order valence-electron chi connectivity index (χ4n) is 3.89. The van der Waals surface area contributed by atoms with Crippen LogP contribution in [0, 0.1) is 6.92 Å². The smallest absolute Gasteiger partial charge is 0.261 e. The number of amides is 1. The van der Waals surface area contributed by atoms with E-state index in [1.54, 1.807) is 30.1 Å². The molecule has 1 aliphatic heterocycles. The van der Waals surface area contributed by atoms with Crippen LogP contribution in [0.4, 0.5) is 5.00 Å². The van der Waals surface area contributed by atoms with Crippen LogP contribution in [0.3, 0.4) is 0 Å². The van der Waals surface area contributed by atoms with Crippen molar-refractivity contribution in [3.05, 3.63) is 59.0 Å². The third-order valence-corrected chi connectivity index (χ3v) is 6.71. The molecule has 0 aliphatic carbocycles. The molecule has 1 amide bonds. The average Bonchev–Trinajstić information content (AvgIpc) is 3.44. The first-order valence-electron chi connectivity index (χ1n) is 10.5. The number of nitrogens with one attached hydrogen (secondary N) is 1. The van der Waals surface area contributed by atoms with Crippen LogP contribution in [0.15, 0.2) is 42.9 Å². The van der Waals surface area contributed by atoms with Crippen LogP contribution in [-0.2, 0) is 4.74 Å². The van der Waals surface area contributed by atoms with Gasteiger partial charge in [-0.05, 0) is 38.0 Å². The molecule has 5 rings (SSSR count). The minimum Gasteiger partial charge on any atom is -0.496 e. The molecule has 1 aliphatic rings. The third kappa shape index (κ3) is 3.85. The van der Waals surface area contributed by atoms with E-state index in [1.807, 2.05) is 25.1 Å². The van der Waals surface area contributed by atoms with Gasteiger partial charge in [-0.2, -0.15) is 5.10 Å². The normalized spacial score (nSPS) is 14.6. The Kier molecular flexibility index (Phi) is 5.59. The number of benzene rings is 1. The molecular formula is C23H23N5O3S. The molecular weight excluding hydrogens is 426 g/mol. The average molecular weight is 450 g/mol. The number of hydrogen-bond donors (Lipinski definition) is 1. The van der Waals surface area contributed by atoms with Gasteiger partial charge in [-0.25, -0.2) is 14.5 Å². The van der Waals surface area contributed by atoms with E-state index in [9.17, 15) is 4.79 Å². The van der Waals surface area contributed by atoms with Crippen molar-refractivity contribution in [3.8, 4) is 17.0 Å². The van der Waals surface area contributed by atoms with Crippen LogP contribution in [0.5, 0.6) is 5.75 Å². The van der Waals surface area contributed by atoms with Crippen molar-refractivity contribution in [2.24, 2.45) is 0 Å². The lowest BCUT2D eigenvalue weighted by Crippen LogP contribution is -2.13. The lowest BCUT2D eigenvalue weighted by molar-refractivity contribution is 0.0853. The Morgan fingerprint density at radius 1 is 1.31 bits per heavy atom. The monoisotopic (exact) mass is 449 g/mol. The zero-order valence-electron chi connectivity index (χ0n) is 17.9. The molecule has 8 nitrogen and oxygen atoms in total. The van der Waals surface area contributed by atoms with Gasteiger partial charge < -0.3 is 14.8 Å². The van der Waals surface area contributed by atoms with Gasteiger partial charge in [0.2, 0.25) is 0 Å². The summed E-state index contributed by atoms with van der Waals surface area (Å²) in [6.07, 6.45) is 6.78. The number of rotatable bonds is 5. The molecule has 32 heavy (non-hydrogen) atoms. The van der Waals surface area contributed by atoms with Crippen LogP contribution in [0.2, 0.25) is 0 Å². The Morgan fingerprint density at radius 2 is 2.16 bits per heavy atom. The molecule has 0 saturated carbocycles. The first-order valence-corrected chi connectivity index (χ1v) is 11.3. The van der Waals surface area contributed by atoms with Crippen molar-refractivity contribution in [3.63, 3.8) is 0 Å². The lowest BCUT2D eigenvalue weighted by Gasteiger charge is -2.19. The van der Waals surface area contributed by atoms with Crippen molar-refractivity contribution in [2.75, 3.05) is 25.6 Å². The van der Waals surface area contributed by atoms with E-state index in [4.69, 9.17) is 14.5 Å². The fourth-order valence-corrected chi connectivity index (χ4v) is 5.03. The number of aryl methyl sites for hydroxylation is 1. The van der Waals surface area contributed by atoms with Gasteiger partial charge in [-0.1, -0.05) is 11.6 Å². The number of aromatic nitrogens is 4. The number of carbonyl (C=O) groups is 1. The lowest BCUT2D eigenvalue weighted by atomic mass is 10.0. The zero-order chi connectivity index (χ0) is 22.1. The highest BCUT2D eigenvalue weighted by atomic mass is 32.1. The van der Waals surface area contributed by atoms with E-state index in [-0.39, 0.29) is 5.91 Å². The van der Waals surface area contributed by atoms with E-state index in [1.165, 1.54) is 17.5 Å². The minimum absolute atomic E-state index is 0.270. The van der Waals surface area contributed by atoms with Gasteiger partial charge in [0.15, 0.2) is 5.65 Å². The topological polar surface area (TPSA) is 90.6 Å². The van der Waals surface area contributed by atoms with Crippen molar-refractivity contribution < 1.29 is 14.3 Å². The molecule has 0 atom stereocenters. The van der Waals surface area contributed by atoms with E-state index >= 15 is 0 Å². The molecule has 3 aromatic heterocycles. The maximum Gasteiger partial charge on any atom is 0.261 e. The molecule has 0 spiro atoms. The van der Waals surface area contributed by atoms with E-state index in [2.05, 4.69) is 15.4 Å². The number of carbonyl (C=O) groups excluding carboxylic acids is 1. The molecule has 4 aromatic rings. The van der Waals surface area contributed by atoms with Gasteiger partial charge in [0.25, 0.3) is 5.91 Å². The summed E-state index contributed by atoms with van der Waals surface area (Å²) in [5.41, 5.74) is 3.58. The van der Waals surface area contributed by atoms with Crippen LogP contribution in [-0.4, -0.2) is 45.8 Å². The molecule has 0 unspecified atom stereocenters. The number of hydrogen-bond acceptors (Lipinski definition) is 7. The van der Waals surface area contributed by atoms with Crippen molar-refractivity contribution in [2.45, 2.75) is 25.7 Å². The number of methoxy groups -OCH3 is 1. The Hall–Kier alpha value is -3.30. The third-order valence-electron chi connectivity index (χ3n) is 5.58. The second-order valence-corrected chi connectivity index (χ2v) is 8.75. The summed E-state index contributed by atoms with van der Waals surface area (Å²) >= 11 is 1.52. The highest BCUT2D eigenvalue weighted by Gasteiger charge is 2.25. The highest BCUT2D eigenvalue weighted by Crippen LogP contribution is 2.42. The van der Waals surface area contributed by atoms with Gasteiger partial charge in [-0.15, -0.1) is 11.3 Å². The summed E-state index contributed by atoms with van der Waals surface area (Å²) < 4.78 is 12.7. The van der Waals surface area contributed by atoms with Crippen LogP contribution in [0.25, 0.3) is 16.9 Å². The number of nitrogens with zero attached hydrogens (tertiary/aromatic N) is 4. The Labute approximate surface area is 189 Å². The predicted molar refractivity (Wildman–Crippen MR) is 123 cm³/mol. The molecule has 1 fully saturated rings. The summed E-state index contributed by atoms with van der Waals surface area (Å²) in [5.74, 6) is 0.758. The summed E-state index contributed by atoms with van der Waals surface area (Å²) in [4.78, 5) is 22.5. The second-order valence-electron chi connectivity index (χ2n) is 7.72. The first kappa shape index (κ1) is 20.6. The molecule has 9 heteroatoms. The van der Waals surface area contributed by atoms with E-state index in [0.717, 1.165) is 47.9 Å². The quantitative estimate of drug-likeness (QED) is 0.488. The van der Waals surface area contributed by atoms with Gasteiger partial charge in [-0.3, -0.25) is 4.79 Å². The highest BCUT2D eigenvalue weighted by molar-refractivity contribution is 7.16. The van der Waals surface area contributed by atoms with Crippen molar-refractivity contribution in [1.29, 1.82) is 0 Å². The SMILES string of the molecule is COc1ccc(C)cc1-c1nc(C2CCOCC2)sc1NC(=O)c1cnn2cccnc12. The molecule has 1 N–H and O–H groups in total. The number of fused-ring (bicyclic) bond motifs is 1. The summed E-state index contributed by atoms with van der Waals surface area (Å²) in [7, 11) is 1.64. The van der Waals surface area contributed by atoms with Gasteiger partial charge in [0.1, 0.15) is 22.0 Å². The molecule has 1 aromatic carbocycles. The number of ether oxygens (including phenoxy) is 2. The Bertz CT molecular complexity index is 1280. The summed E-state index contributed by atoms with van der Waals surface area (Å²) in [5, 5.41) is 8.99. The summed E-state index contributed by atoms with van der Waals surface area (Å²) in [6.45, 7) is 3.48. The predicted octanol–water partition coefficient (Wildman–Crippen LogP) is 4.32. The molecule has 0 radical (unpaired) electrons. The van der Waals surface area contributed by atoms with Gasteiger partial charge >= 0.3 is 0 Å². The zero-order valence-corrected chi connectivity index (χ0v) is 18.7. The van der Waals surface area contributed by atoms with E-state index in [0.29, 0.717) is 27.9 Å². The first-order chi connectivity index (χ1) is 15.6. The number of thiazole rings is 1.